The van der Waals surface area contributed by atoms with Gasteiger partial charge in [-0.3, -0.25) is 0 Å². The Labute approximate surface area is 133 Å². The minimum absolute atomic E-state index is 0.0187. The number of carbonyl (C=O) groups is 1. The van der Waals surface area contributed by atoms with E-state index in [2.05, 4.69) is 38.7 Å². The predicted molar refractivity (Wildman–Crippen MR) is 89.2 cm³/mol. The first-order valence-corrected chi connectivity index (χ1v) is 7.78. The van der Waals surface area contributed by atoms with E-state index >= 15 is 0 Å². The van der Waals surface area contributed by atoms with Crippen LogP contribution in [0.4, 0.5) is 4.79 Å². The molecule has 1 atom stereocenters. The Morgan fingerprint density at radius 1 is 1.10 bits per heavy atom. The summed E-state index contributed by atoms with van der Waals surface area (Å²) in [7, 11) is 0. The Hall–Kier alpha value is -1.81. The summed E-state index contributed by atoms with van der Waals surface area (Å²) in [4.78, 5) is 11.9. The third-order valence-electron chi connectivity index (χ3n) is 3.26. The Kier molecular flexibility index (Phi) is 5.81. The molecule has 4 heteroatoms. The van der Waals surface area contributed by atoms with E-state index in [-0.39, 0.29) is 12.1 Å². The highest BCUT2D eigenvalue weighted by Crippen LogP contribution is 2.16. The highest BCUT2D eigenvalue weighted by Gasteiger charge is 2.08. The molecule has 0 radical (unpaired) electrons. The number of urea groups is 1. The van der Waals surface area contributed by atoms with E-state index in [4.69, 9.17) is 0 Å². The van der Waals surface area contributed by atoms with Crippen molar-refractivity contribution >= 4 is 22.0 Å². The van der Waals surface area contributed by atoms with Gasteiger partial charge in [0.05, 0.1) is 6.04 Å². The van der Waals surface area contributed by atoms with Gasteiger partial charge in [-0.25, -0.2) is 4.79 Å². The third kappa shape index (κ3) is 5.23. The van der Waals surface area contributed by atoms with Gasteiger partial charge in [-0.2, -0.15) is 0 Å². The first-order chi connectivity index (χ1) is 10.1. The SMILES string of the molecule is C[C@@H](NC(=O)NCCc1ccccc1)c1ccc(Br)cc1. The van der Waals surface area contributed by atoms with Gasteiger partial charge in [-0.05, 0) is 36.6 Å². The second-order valence-corrected chi connectivity index (χ2v) is 5.82. The van der Waals surface area contributed by atoms with Crippen molar-refractivity contribution in [2.24, 2.45) is 0 Å². The van der Waals surface area contributed by atoms with Crippen LogP contribution in [0.5, 0.6) is 0 Å². The Bertz CT molecular complexity index is 569. The van der Waals surface area contributed by atoms with Crippen molar-refractivity contribution in [1.82, 2.24) is 10.6 Å². The molecule has 0 saturated carbocycles. The molecular formula is C17H19BrN2O. The van der Waals surface area contributed by atoms with Crippen molar-refractivity contribution in [3.8, 4) is 0 Å². The van der Waals surface area contributed by atoms with E-state index in [1.54, 1.807) is 0 Å². The molecule has 0 fully saturated rings. The van der Waals surface area contributed by atoms with Crippen LogP contribution in [0.25, 0.3) is 0 Å². The second kappa shape index (κ2) is 7.84. The quantitative estimate of drug-likeness (QED) is 0.842. The molecule has 110 valence electrons. The summed E-state index contributed by atoms with van der Waals surface area (Å²) in [5.74, 6) is 0. The van der Waals surface area contributed by atoms with Crippen molar-refractivity contribution in [1.29, 1.82) is 0 Å². The van der Waals surface area contributed by atoms with Gasteiger partial charge in [0, 0.05) is 11.0 Å². The lowest BCUT2D eigenvalue weighted by molar-refractivity contribution is 0.238. The molecule has 0 spiro atoms. The van der Waals surface area contributed by atoms with Crippen LogP contribution in [0, 0.1) is 0 Å². The van der Waals surface area contributed by atoms with Crippen molar-refractivity contribution in [2.45, 2.75) is 19.4 Å². The summed E-state index contributed by atoms with van der Waals surface area (Å²) in [6.07, 6.45) is 0.834. The van der Waals surface area contributed by atoms with Crippen LogP contribution in [-0.2, 0) is 6.42 Å². The molecule has 0 aromatic heterocycles. The van der Waals surface area contributed by atoms with Crippen LogP contribution in [0.15, 0.2) is 59.1 Å². The smallest absolute Gasteiger partial charge is 0.315 e. The number of hydrogen-bond acceptors (Lipinski definition) is 1. The maximum Gasteiger partial charge on any atom is 0.315 e. The lowest BCUT2D eigenvalue weighted by Gasteiger charge is -2.15. The number of carbonyl (C=O) groups excluding carboxylic acids is 1. The summed E-state index contributed by atoms with van der Waals surface area (Å²) in [5, 5.41) is 5.82. The molecule has 21 heavy (non-hydrogen) atoms. The van der Waals surface area contributed by atoms with Crippen LogP contribution >= 0.6 is 15.9 Å². The Morgan fingerprint density at radius 3 is 2.43 bits per heavy atom. The standard InChI is InChI=1S/C17H19BrN2O/c1-13(15-7-9-16(18)10-8-15)20-17(21)19-12-11-14-5-3-2-4-6-14/h2-10,13H,11-12H2,1H3,(H2,19,20,21)/t13-/m1/s1. The van der Waals surface area contributed by atoms with Gasteiger partial charge < -0.3 is 10.6 Å². The van der Waals surface area contributed by atoms with E-state index in [1.165, 1.54) is 5.56 Å². The minimum atomic E-state index is -0.138. The molecule has 2 aromatic rings. The van der Waals surface area contributed by atoms with E-state index in [0.29, 0.717) is 6.54 Å². The molecule has 2 aromatic carbocycles. The highest BCUT2D eigenvalue weighted by molar-refractivity contribution is 9.10. The molecule has 2 N–H and O–H groups in total. The summed E-state index contributed by atoms with van der Waals surface area (Å²) in [6.45, 7) is 2.60. The summed E-state index contributed by atoms with van der Waals surface area (Å²) < 4.78 is 1.03. The number of rotatable bonds is 5. The molecular weight excluding hydrogens is 328 g/mol. The summed E-state index contributed by atoms with van der Waals surface area (Å²) >= 11 is 3.40. The molecule has 0 unspecified atom stereocenters. The average molecular weight is 347 g/mol. The van der Waals surface area contributed by atoms with E-state index < -0.39 is 0 Å². The fourth-order valence-electron chi connectivity index (χ4n) is 2.05. The van der Waals surface area contributed by atoms with Gasteiger partial charge >= 0.3 is 6.03 Å². The molecule has 0 aliphatic heterocycles. The van der Waals surface area contributed by atoms with Gasteiger partial charge in [0.1, 0.15) is 0 Å². The highest BCUT2D eigenvalue weighted by atomic mass is 79.9. The predicted octanol–water partition coefficient (Wildman–Crippen LogP) is 4.05. The van der Waals surface area contributed by atoms with E-state index in [1.807, 2.05) is 49.4 Å². The summed E-state index contributed by atoms with van der Waals surface area (Å²) in [5.41, 5.74) is 2.30. The van der Waals surface area contributed by atoms with E-state index in [9.17, 15) is 4.79 Å². The van der Waals surface area contributed by atoms with Gasteiger partial charge in [0.25, 0.3) is 0 Å². The fourth-order valence-corrected chi connectivity index (χ4v) is 2.31. The zero-order chi connectivity index (χ0) is 15.1. The van der Waals surface area contributed by atoms with Gasteiger partial charge in [-0.1, -0.05) is 58.4 Å². The van der Waals surface area contributed by atoms with Crippen LogP contribution in [0.3, 0.4) is 0 Å². The molecule has 2 rings (SSSR count). The number of amides is 2. The normalized spacial score (nSPS) is 11.7. The largest absolute Gasteiger partial charge is 0.338 e. The maximum atomic E-state index is 11.9. The number of benzene rings is 2. The van der Waals surface area contributed by atoms with Crippen LogP contribution in [0.2, 0.25) is 0 Å². The molecule has 0 aliphatic rings. The fraction of sp³-hybridized carbons (Fsp3) is 0.235. The van der Waals surface area contributed by atoms with Crippen molar-refractivity contribution in [2.75, 3.05) is 6.54 Å². The molecule has 3 nitrogen and oxygen atoms in total. The Balaban J connectivity index is 1.75. The number of hydrogen-bond donors (Lipinski definition) is 2. The minimum Gasteiger partial charge on any atom is -0.338 e. The number of nitrogens with one attached hydrogen (secondary N) is 2. The van der Waals surface area contributed by atoms with Crippen molar-refractivity contribution < 1.29 is 4.79 Å². The average Bonchev–Trinajstić information content (AvgIpc) is 2.49. The molecule has 0 saturated heterocycles. The Morgan fingerprint density at radius 2 is 1.76 bits per heavy atom. The third-order valence-corrected chi connectivity index (χ3v) is 3.79. The molecule has 0 aliphatic carbocycles. The van der Waals surface area contributed by atoms with Crippen molar-refractivity contribution in [3.05, 3.63) is 70.2 Å². The summed E-state index contributed by atoms with van der Waals surface area (Å²) in [6, 6.07) is 17.9. The maximum absolute atomic E-state index is 11.9. The first kappa shape index (κ1) is 15.6. The van der Waals surface area contributed by atoms with Gasteiger partial charge in [0.2, 0.25) is 0 Å². The zero-order valence-corrected chi connectivity index (χ0v) is 13.6. The van der Waals surface area contributed by atoms with Crippen molar-refractivity contribution in [3.63, 3.8) is 0 Å². The van der Waals surface area contributed by atoms with E-state index in [0.717, 1.165) is 16.5 Å². The monoisotopic (exact) mass is 346 g/mol. The van der Waals surface area contributed by atoms with Crippen LogP contribution in [0.1, 0.15) is 24.1 Å². The van der Waals surface area contributed by atoms with Crippen LogP contribution < -0.4 is 10.6 Å². The van der Waals surface area contributed by atoms with Crippen LogP contribution in [-0.4, -0.2) is 12.6 Å². The second-order valence-electron chi connectivity index (χ2n) is 4.91. The number of halogens is 1. The molecule has 2 amide bonds. The lowest BCUT2D eigenvalue weighted by Crippen LogP contribution is -2.38. The topological polar surface area (TPSA) is 41.1 Å². The zero-order valence-electron chi connectivity index (χ0n) is 12.0. The van der Waals surface area contributed by atoms with Gasteiger partial charge in [-0.15, -0.1) is 0 Å². The molecule has 0 heterocycles. The van der Waals surface area contributed by atoms with Gasteiger partial charge in [0.15, 0.2) is 0 Å². The molecule has 0 bridgehead atoms. The lowest BCUT2D eigenvalue weighted by atomic mass is 10.1. The first-order valence-electron chi connectivity index (χ1n) is 6.99.